The first kappa shape index (κ1) is 13.8. The number of hydrogen-bond acceptors (Lipinski definition) is 4. The van der Waals surface area contributed by atoms with Gasteiger partial charge in [-0.1, -0.05) is 20.8 Å². The van der Waals surface area contributed by atoms with Crippen LogP contribution in [0.4, 0.5) is 5.82 Å². The molecule has 1 aliphatic heterocycles. The first-order chi connectivity index (χ1) is 9.43. The molecule has 20 heavy (non-hydrogen) atoms. The Balaban J connectivity index is 1.66. The monoisotopic (exact) mass is 274 g/mol. The molecule has 0 bridgehead atoms. The van der Waals surface area contributed by atoms with Crippen LogP contribution in [-0.2, 0) is 5.41 Å². The van der Waals surface area contributed by atoms with E-state index in [0.717, 1.165) is 24.2 Å². The molecule has 2 aliphatic rings. The third kappa shape index (κ3) is 2.95. The number of rotatable bonds is 3. The molecule has 1 N–H and O–H groups in total. The number of nitrogens with zero attached hydrogens (tertiary/aromatic N) is 3. The summed E-state index contributed by atoms with van der Waals surface area (Å²) in [5, 5.41) is 3.60. The van der Waals surface area contributed by atoms with Gasteiger partial charge in [0.05, 0.1) is 0 Å². The van der Waals surface area contributed by atoms with Gasteiger partial charge in [-0.25, -0.2) is 9.97 Å². The molecule has 2 atom stereocenters. The molecule has 1 aromatic rings. The van der Waals surface area contributed by atoms with Crippen LogP contribution in [0.15, 0.2) is 12.3 Å². The Labute approximate surface area is 122 Å². The lowest BCUT2D eigenvalue weighted by molar-refractivity contribution is 0.257. The molecular formula is C16H26N4. The molecule has 1 saturated carbocycles. The van der Waals surface area contributed by atoms with Gasteiger partial charge in [-0.3, -0.25) is 4.90 Å². The maximum Gasteiger partial charge on any atom is 0.135 e. The lowest BCUT2D eigenvalue weighted by atomic mass is 9.96. The van der Waals surface area contributed by atoms with E-state index in [9.17, 15) is 0 Å². The lowest BCUT2D eigenvalue weighted by Gasteiger charge is -2.20. The van der Waals surface area contributed by atoms with E-state index in [4.69, 9.17) is 0 Å². The Kier molecular flexibility index (Phi) is 3.44. The zero-order valence-electron chi connectivity index (χ0n) is 13.1. The summed E-state index contributed by atoms with van der Waals surface area (Å²) in [4.78, 5) is 11.7. The number of hydrogen-bond donors (Lipinski definition) is 1. The fourth-order valence-electron chi connectivity index (χ4n) is 3.09. The van der Waals surface area contributed by atoms with E-state index < -0.39 is 0 Å². The summed E-state index contributed by atoms with van der Waals surface area (Å²) in [5.41, 5.74) is 0.000700. The van der Waals surface area contributed by atoms with Crippen LogP contribution >= 0.6 is 0 Å². The molecule has 0 radical (unpaired) electrons. The van der Waals surface area contributed by atoms with E-state index in [1.165, 1.54) is 19.3 Å². The van der Waals surface area contributed by atoms with Crippen LogP contribution in [0.25, 0.3) is 0 Å². The highest BCUT2D eigenvalue weighted by Crippen LogP contribution is 2.34. The van der Waals surface area contributed by atoms with Crippen LogP contribution in [0.1, 0.15) is 52.8 Å². The maximum atomic E-state index is 4.68. The Morgan fingerprint density at radius 1 is 1.30 bits per heavy atom. The zero-order valence-corrected chi connectivity index (χ0v) is 13.1. The molecule has 0 aromatic carbocycles. The van der Waals surface area contributed by atoms with E-state index in [1.807, 2.05) is 12.3 Å². The Hall–Kier alpha value is -1.16. The van der Waals surface area contributed by atoms with Crippen molar-refractivity contribution >= 4 is 5.82 Å². The molecule has 4 nitrogen and oxygen atoms in total. The van der Waals surface area contributed by atoms with E-state index in [1.54, 1.807) is 0 Å². The summed E-state index contributed by atoms with van der Waals surface area (Å²) < 4.78 is 0. The smallest absolute Gasteiger partial charge is 0.135 e. The number of aromatic nitrogens is 2. The second-order valence-electron chi connectivity index (χ2n) is 7.37. The lowest BCUT2D eigenvalue weighted by Crippen LogP contribution is -2.31. The summed E-state index contributed by atoms with van der Waals surface area (Å²) in [7, 11) is 0. The van der Waals surface area contributed by atoms with Gasteiger partial charge in [-0.15, -0.1) is 0 Å². The van der Waals surface area contributed by atoms with Crippen molar-refractivity contribution in [2.75, 3.05) is 11.9 Å². The van der Waals surface area contributed by atoms with Crippen molar-refractivity contribution in [1.29, 1.82) is 0 Å². The Morgan fingerprint density at radius 3 is 2.70 bits per heavy atom. The highest BCUT2D eigenvalue weighted by molar-refractivity contribution is 5.36. The van der Waals surface area contributed by atoms with Crippen LogP contribution in [0.3, 0.4) is 0 Å². The fourth-order valence-corrected chi connectivity index (χ4v) is 3.09. The summed E-state index contributed by atoms with van der Waals surface area (Å²) in [6.07, 6.45) is 5.86. The van der Waals surface area contributed by atoms with Gasteiger partial charge >= 0.3 is 0 Å². The van der Waals surface area contributed by atoms with E-state index in [-0.39, 0.29) is 5.41 Å². The summed E-state index contributed by atoms with van der Waals surface area (Å²) >= 11 is 0. The van der Waals surface area contributed by atoms with E-state index in [2.05, 4.69) is 47.9 Å². The molecule has 4 heteroatoms. The normalized spacial score (nSPS) is 27.8. The fraction of sp³-hybridized carbons (Fsp3) is 0.750. The predicted octanol–water partition coefficient (Wildman–Crippen LogP) is 2.81. The van der Waals surface area contributed by atoms with Gasteiger partial charge in [0.25, 0.3) is 0 Å². The third-order valence-electron chi connectivity index (χ3n) is 4.32. The number of likely N-dealkylation sites (tertiary alicyclic amines) is 1. The molecular weight excluding hydrogens is 248 g/mol. The minimum absolute atomic E-state index is 0.000700. The average molecular weight is 274 g/mol. The molecule has 0 amide bonds. The molecule has 0 spiro atoms. The second kappa shape index (κ2) is 4.99. The van der Waals surface area contributed by atoms with Gasteiger partial charge in [0, 0.05) is 36.3 Å². The van der Waals surface area contributed by atoms with E-state index in [0.29, 0.717) is 12.1 Å². The Bertz CT molecular complexity index is 476. The van der Waals surface area contributed by atoms with Crippen molar-refractivity contribution in [3.05, 3.63) is 18.1 Å². The van der Waals surface area contributed by atoms with Crippen molar-refractivity contribution in [2.24, 2.45) is 0 Å². The quantitative estimate of drug-likeness (QED) is 0.920. The van der Waals surface area contributed by atoms with Gasteiger partial charge in [-0.2, -0.15) is 0 Å². The number of nitrogens with one attached hydrogen (secondary N) is 1. The highest BCUT2D eigenvalue weighted by Gasteiger charge is 2.38. The van der Waals surface area contributed by atoms with Crippen LogP contribution in [-0.4, -0.2) is 39.5 Å². The van der Waals surface area contributed by atoms with Crippen LogP contribution in [0.5, 0.6) is 0 Å². The number of anilines is 1. The van der Waals surface area contributed by atoms with Crippen molar-refractivity contribution in [1.82, 2.24) is 14.9 Å². The van der Waals surface area contributed by atoms with Crippen LogP contribution in [0, 0.1) is 0 Å². The minimum atomic E-state index is 0.000700. The van der Waals surface area contributed by atoms with Gasteiger partial charge in [0.2, 0.25) is 0 Å². The van der Waals surface area contributed by atoms with Crippen LogP contribution in [0.2, 0.25) is 0 Å². The first-order valence-electron chi connectivity index (χ1n) is 7.79. The SMILES string of the molecule is CC1CC(Nc2ccnc(C(C)(C)C)n2)CN1C1CC1. The average Bonchev–Trinajstić information content (AvgIpc) is 3.14. The Morgan fingerprint density at radius 2 is 2.05 bits per heavy atom. The molecule has 2 fully saturated rings. The molecule has 3 rings (SSSR count). The van der Waals surface area contributed by atoms with Crippen molar-refractivity contribution in [3.8, 4) is 0 Å². The van der Waals surface area contributed by atoms with Gasteiger partial charge in [0.15, 0.2) is 0 Å². The van der Waals surface area contributed by atoms with Crippen molar-refractivity contribution in [2.45, 2.75) is 70.5 Å². The zero-order chi connectivity index (χ0) is 14.3. The van der Waals surface area contributed by atoms with E-state index >= 15 is 0 Å². The maximum absolute atomic E-state index is 4.68. The predicted molar refractivity (Wildman–Crippen MR) is 81.9 cm³/mol. The van der Waals surface area contributed by atoms with Crippen LogP contribution < -0.4 is 5.32 Å². The summed E-state index contributed by atoms with van der Waals surface area (Å²) in [6.45, 7) is 9.96. The molecule has 110 valence electrons. The van der Waals surface area contributed by atoms with Gasteiger partial charge in [-0.05, 0) is 32.3 Å². The third-order valence-corrected chi connectivity index (χ3v) is 4.32. The largest absolute Gasteiger partial charge is 0.366 e. The highest BCUT2D eigenvalue weighted by atomic mass is 15.3. The summed E-state index contributed by atoms with van der Waals surface area (Å²) in [5.74, 6) is 1.88. The molecule has 1 aromatic heterocycles. The first-order valence-corrected chi connectivity index (χ1v) is 7.79. The topological polar surface area (TPSA) is 41.1 Å². The summed E-state index contributed by atoms with van der Waals surface area (Å²) in [6, 6.07) is 4.06. The van der Waals surface area contributed by atoms with Gasteiger partial charge < -0.3 is 5.32 Å². The van der Waals surface area contributed by atoms with Crippen molar-refractivity contribution < 1.29 is 0 Å². The minimum Gasteiger partial charge on any atom is -0.366 e. The van der Waals surface area contributed by atoms with Gasteiger partial charge in [0.1, 0.15) is 11.6 Å². The second-order valence-corrected chi connectivity index (χ2v) is 7.37. The molecule has 2 heterocycles. The molecule has 1 aliphatic carbocycles. The molecule has 2 unspecified atom stereocenters. The molecule has 1 saturated heterocycles. The van der Waals surface area contributed by atoms with Crippen molar-refractivity contribution in [3.63, 3.8) is 0 Å². The standard InChI is InChI=1S/C16H26N4/c1-11-9-12(10-20(11)13-5-6-13)18-14-7-8-17-15(19-14)16(2,3)4/h7-8,11-13H,5-6,9-10H2,1-4H3,(H,17,18,19).